The average Bonchev–Trinajstić information content (AvgIpc) is 2.70. The van der Waals surface area contributed by atoms with Crippen LogP contribution in [0.5, 0.6) is 0 Å². The maximum atomic E-state index is 10.9. The quantitative estimate of drug-likeness (QED) is 0.894. The molecule has 96 valence electrons. The normalized spacial score (nSPS) is 28.2. The van der Waals surface area contributed by atoms with E-state index in [2.05, 4.69) is 23.9 Å². The fourth-order valence-corrected chi connectivity index (χ4v) is 3.87. The Morgan fingerprint density at radius 2 is 2.29 bits per heavy atom. The van der Waals surface area contributed by atoms with Gasteiger partial charge in [0.1, 0.15) is 12.2 Å². The first-order valence-corrected chi connectivity index (χ1v) is 7.31. The number of rotatable bonds is 3. The van der Waals surface area contributed by atoms with E-state index in [0.717, 1.165) is 30.3 Å². The summed E-state index contributed by atoms with van der Waals surface area (Å²) in [6, 6.07) is 0. The molecule has 0 aliphatic carbocycles. The van der Waals surface area contributed by atoms with Gasteiger partial charge >= 0.3 is 0 Å². The van der Waals surface area contributed by atoms with E-state index in [1.54, 1.807) is 6.33 Å². The van der Waals surface area contributed by atoms with Crippen LogP contribution in [0.1, 0.15) is 33.0 Å². The first-order chi connectivity index (χ1) is 7.98. The molecule has 0 aromatic carbocycles. The van der Waals surface area contributed by atoms with Gasteiger partial charge in [-0.3, -0.25) is 4.68 Å². The molecule has 0 radical (unpaired) electrons. The molecule has 2 rings (SSSR count). The second kappa shape index (κ2) is 4.61. The SMILES string of the molecule is CCn1ncnc1CC1(O)CSCCC1(C)C. The maximum absolute atomic E-state index is 10.9. The fraction of sp³-hybridized carbons (Fsp3) is 0.833. The van der Waals surface area contributed by atoms with Crippen LogP contribution in [0.2, 0.25) is 0 Å². The van der Waals surface area contributed by atoms with Crippen LogP contribution in [0.4, 0.5) is 0 Å². The molecule has 1 saturated heterocycles. The summed E-state index contributed by atoms with van der Waals surface area (Å²) in [5, 5.41) is 15.1. The Labute approximate surface area is 107 Å². The Hall–Kier alpha value is -0.550. The summed E-state index contributed by atoms with van der Waals surface area (Å²) in [5.41, 5.74) is -0.724. The lowest BCUT2D eigenvalue weighted by Gasteiger charge is -2.46. The summed E-state index contributed by atoms with van der Waals surface area (Å²) in [6.07, 6.45) is 3.22. The van der Waals surface area contributed by atoms with E-state index in [1.165, 1.54) is 0 Å². The lowest BCUT2D eigenvalue weighted by Crippen LogP contribution is -2.52. The van der Waals surface area contributed by atoms with Crippen molar-refractivity contribution in [2.75, 3.05) is 11.5 Å². The third-order valence-corrected chi connectivity index (χ3v) is 5.09. The molecule has 0 spiro atoms. The van der Waals surface area contributed by atoms with Crippen molar-refractivity contribution in [1.29, 1.82) is 0 Å². The van der Waals surface area contributed by atoms with Crippen molar-refractivity contribution in [3.63, 3.8) is 0 Å². The zero-order chi connectivity index (χ0) is 12.5. The highest BCUT2D eigenvalue weighted by atomic mass is 32.2. The van der Waals surface area contributed by atoms with Gasteiger partial charge in [-0.15, -0.1) is 0 Å². The largest absolute Gasteiger partial charge is 0.388 e. The molecule has 17 heavy (non-hydrogen) atoms. The van der Waals surface area contributed by atoms with E-state index in [4.69, 9.17) is 0 Å². The average molecular weight is 255 g/mol. The number of hydrogen-bond donors (Lipinski definition) is 1. The Morgan fingerprint density at radius 1 is 1.53 bits per heavy atom. The van der Waals surface area contributed by atoms with E-state index in [0.29, 0.717) is 6.42 Å². The summed E-state index contributed by atoms with van der Waals surface area (Å²) in [7, 11) is 0. The minimum atomic E-state index is -0.671. The van der Waals surface area contributed by atoms with Crippen LogP contribution in [-0.2, 0) is 13.0 Å². The van der Waals surface area contributed by atoms with Gasteiger partial charge in [-0.1, -0.05) is 13.8 Å². The molecular weight excluding hydrogens is 234 g/mol. The fourth-order valence-electron chi connectivity index (χ4n) is 2.24. The molecule has 0 amide bonds. The van der Waals surface area contributed by atoms with E-state index >= 15 is 0 Å². The van der Waals surface area contributed by atoms with Gasteiger partial charge in [-0.25, -0.2) is 4.98 Å². The van der Waals surface area contributed by atoms with Crippen LogP contribution in [0, 0.1) is 5.41 Å². The standard InChI is InChI=1S/C12H21N3OS/c1-4-15-10(13-9-14-15)7-12(16)8-17-6-5-11(12,2)3/h9,16H,4-8H2,1-3H3. The Morgan fingerprint density at radius 3 is 2.94 bits per heavy atom. The highest BCUT2D eigenvalue weighted by Crippen LogP contribution is 2.43. The van der Waals surface area contributed by atoms with Gasteiger partial charge in [0, 0.05) is 18.7 Å². The molecule has 4 nitrogen and oxygen atoms in total. The number of thioether (sulfide) groups is 1. The minimum absolute atomic E-state index is 0.0528. The van der Waals surface area contributed by atoms with Crippen molar-refractivity contribution in [3.8, 4) is 0 Å². The number of nitrogens with zero attached hydrogens (tertiary/aromatic N) is 3. The van der Waals surface area contributed by atoms with Gasteiger partial charge in [0.05, 0.1) is 5.60 Å². The lowest BCUT2D eigenvalue weighted by molar-refractivity contribution is -0.0533. The smallest absolute Gasteiger partial charge is 0.138 e. The van der Waals surface area contributed by atoms with Gasteiger partial charge < -0.3 is 5.11 Å². The van der Waals surface area contributed by atoms with Gasteiger partial charge in [-0.2, -0.15) is 16.9 Å². The van der Waals surface area contributed by atoms with Crippen LogP contribution >= 0.6 is 11.8 Å². The minimum Gasteiger partial charge on any atom is -0.388 e. The molecule has 5 heteroatoms. The summed E-state index contributed by atoms with van der Waals surface area (Å²) in [5.74, 6) is 2.82. The predicted octanol–water partition coefficient (Wildman–Crippen LogP) is 1.73. The second-order valence-corrected chi connectivity index (χ2v) is 6.49. The molecule has 1 fully saturated rings. The maximum Gasteiger partial charge on any atom is 0.138 e. The summed E-state index contributed by atoms with van der Waals surface area (Å²) < 4.78 is 1.87. The summed E-state index contributed by atoms with van der Waals surface area (Å²) in [4.78, 5) is 4.27. The summed E-state index contributed by atoms with van der Waals surface area (Å²) >= 11 is 1.83. The van der Waals surface area contributed by atoms with E-state index in [1.807, 2.05) is 23.4 Å². The third kappa shape index (κ3) is 2.36. The molecule has 1 aromatic heterocycles. The van der Waals surface area contributed by atoms with Crippen molar-refractivity contribution in [3.05, 3.63) is 12.2 Å². The Kier molecular flexibility index (Phi) is 3.50. The van der Waals surface area contributed by atoms with Gasteiger partial charge in [0.25, 0.3) is 0 Å². The Bertz CT molecular complexity index is 391. The molecular formula is C12H21N3OS. The summed E-state index contributed by atoms with van der Waals surface area (Å²) in [6.45, 7) is 7.15. The molecule has 1 unspecified atom stereocenters. The zero-order valence-electron chi connectivity index (χ0n) is 10.8. The molecule has 1 aromatic rings. The first-order valence-electron chi connectivity index (χ1n) is 6.15. The van der Waals surface area contributed by atoms with Crippen LogP contribution in [0.15, 0.2) is 6.33 Å². The predicted molar refractivity (Wildman–Crippen MR) is 70.1 cm³/mol. The molecule has 2 heterocycles. The first kappa shape index (κ1) is 12.9. The second-order valence-electron chi connectivity index (χ2n) is 5.39. The van der Waals surface area contributed by atoms with Gasteiger partial charge in [0.2, 0.25) is 0 Å². The van der Waals surface area contributed by atoms with Crippen molar-refractivity contribution in [2.24, 2.45) is 5.41 Å². The van der Waals surface area contributed by atoms with Crippen LogP contribution in [-0.4, -0.2) is 37.0 Å². The number of hydrogen-bond acceptors (Lipinski definition) is 4. The molecule has 1 N–H and O–H groups in total. The van der Waals surface area contributed by atoms with E-state index in [9.17, 15) is 5.11 Å². The van der Waals surface area contributed by atoms with Crippen molar-refractivity contribution in [1.82, 2.24) is 14.8 Å². The number of aryl methyl sites for hydroxylation is 1. The highest BCUT2D eigenvalue weighted by molar-refractivity contribution is 7.99. The molecule has 0 bridgehead atoms. The third-order valence-electron chi connectivity index (χ3n) is 3.92. The van der Waals surface area contributed by atoms with Crippen LogP contribution in [0.3, 0.4) is 0 Å². The molecule has 0 saturated carbocycles. The van der Waals surface area contributed by atoms with Crippen LogP contribution < -0.4 is 0 Å². The van der Waals surface area contributed by atoms with Crippen molar-refractivity contribution < 1.29 is 5.11 Å². The monoisotopic (exact) mass is 255 g/mol. The Balaban J connectivity index is 2.21. The van der Waals surface area contributed by atoms with E-state index < -0.39 is 5.60 Å². The molecule has 1 atom stereocenters. The highest BCUT2D eigenvalue weighted by Gasteiger charge is 2.46. The molecule has 1 aliphatic heterocycles. The van der Waals surface area contributed by atoms with Gasteiger partial charge in [-0.05, 0) is 24.5 Å². The van der Waals surface area contributed by atoms with Crippen molar-refractivity contribution in [2.45, 2.75) is 45.8 Å². The topological polar surface area (TPSA) is 50.9 Å². The van der Waals surface area contributed by atoms with Gasteiger partial charge in [0.15, 0.2) is 0 Å². The van der Waals surface area contributed by atoms with Crippen LogP contribution in [0.25, 0.3) is 0 Å². The molecule has 1 aliphatic rings. The lowest BCUT2D eigenvalue weighted by atomic mass is 9.71. The zero-order valence-corrected chi connectivity index (χ0v) is 11.6. The number of aromatic nitrogens is 3. The van der Waals surface area contributed by atoms with E-state index in [-0.39, 0.29) is 5.41 Å². The number of aliphatic hydroxyl groups is 1. The van der Waals surface area contributed by atoms with Crippen molar-refractivity contribution >= 4 is 11.8 Å².